The van der Waals surface area contributed by atoms with Gasteiger partial charge >= 0.3 is 5.63 Å². The summed E-state index contributed by atoms with van der Waals surface area (Å²) in [4.78, 5) is 35.4. The van der Waals surface area contributed by atoms with E-state index in [2.05, 4.69) is 10.2 Å². The number of hydrogen-bond donors (Lipinski definition) is 2. The van der Waals surface area contributed by atoms with Crippen molar-refractivity contribution in [2.24, 2.45) is 0 Å². The number of piperidine rings is 1. The molecule has 2 aliphatic rings. The van der Waals surface area contributed by atoms with Crippen LogP contribution in [0.15, 0.2) is 21.3 Å². The lowest BCUT2D eigenvalue weighted by Crippen LogP contribution is -2.53. The van der Waals surface area contributed by atoms with Gasteiger partial charge in [-0.3, -0.25) is 14.5 Å². The molecule has 8 heteroatoms. The van der Waals surface area contributed by atoms with Crippen LogP contribution in [0.5, 0.6) is 5.75 Å². The molecule has 0 radical (unpaired) electrons. The normalized spacial score (nSPS) is 20.5. The van der Waals surface area contributed by atoms with Gasteiger partial charge in [0.2, 0.25) is 0 Å². The lowest BCUT2D eigenvalue weighted by Gasteiger charge is -2.37. The zero-order chi connectivity index (χ0) is 22.5. The van der Waals surface area contributed by atoms with Gasteiger partial charge in [-0.2, -0.15) is 0 Å². The topological polar surface area (TPSA) is 109 Å². The summed E-state index contributed by atoms with van der Waals surface area (Å²) in [5.41, 5.74) is 2.48. The van der Waals surface area contributed by atoms with Crippen LogP contribution in [0.1, 0.15) is 42.4 Å². The largest absolute Gasteiger partial charge is 0.483 e. The van der Waals surface area contributed by atoms with Gasteiger partial charge in [0.1, 0.15) is 11.3 Å². The molecule has 31 heavy (non-hydrogen) atoms. The second-order valence-electron chi connectivity index (χ2n) is 8.23. The van der Waals surface area contributed by atoms with Crippen LogP contribution >= 0.6 is 0 Å². The third-order valence-electron chi connectivity index (χ3n) is 6.20. The van der Waals surface area contributed by atoms with E-state index < -0.39 is 0 Å². The molecule has 0 spiro atoms. The molecular formula is C23H30N2O6. The number of aryl methyl sites for hydroxylation is 2. The fourth-order valence-electron chi connectivity index (χ4n) is 4.65. The van der Waals surface area contributed by atoms with E-state index in [1.165, 1.54) is 6.42 Å². The van der Waals surface area contributed by atoms with Crippen LogP contribution in [0.2, 0.25) is 0 Å². The molecule has 2 N–H and O–H groups in total. The SMILES string of the molecule is Cc1cc(OCC(=O)N[C@H]2CCCN3CCC[C@@H]23)c2c(C)c(C)c(=O)oc2c1.O=CO. The number of carbonyl (C=O) groups is 2. The zero-order valence-electron chi connectivity index (χ0n) is 18.3. The van der Waals surface area contributed by atoms with Crippen LogP contribution in [0.3, 0.4) is 0 Å². The van der Waals surface area contributed by atoms with Gasteiger partial charge in [-0.05, 0) is 82.8 Å². The van der Waals surface area contributed by atoms with Gasteiger partial charge in [0.05, 0.1) is 5.39 Å². The molecule has 1 amide bonds. The molecule has 8 nitrogen and oxygen atoms in total. The van der Waals surface area contributed by atoms with E-state index >= 15 is 0 Å². The van der Waals surface area contributed by atoms with Crippen molar-refractivity contribution in [2.45, 2.75) is 58.5 Å². The Bertz CT molecular complexity index is 1020. The Morgan fingerprint density at radius 1 is 1.23 bits per heavy atom. The summed E-state index contributed by atoms with van der Waals surface area (Å²) >= 11 is 0. The van der Waals surface area contributed by atoms with Crippen LogP contribution in [-0.2, 0) is 9.59 Å². The van der Waals surface area contributed by atoms with Crippen molar-refractivity contribution in [3.8, 4) is 5.75 Å². The Hall–Kier alpha value is -2.87. The fourth-order valence-corrected chi connectivity index (χ4v) is 4.65. The minimum Gasteiger partial charge on any atom is -0.483 e. The number of hydrogen-bond acceptors (Lipinski definition) is 6. The molecule has 2 atom stereocenters. The van der Waals surface area contributed by atoms with Gasteiger partial charge in [0.25, 0.3) is 12.4 Å². The molecule has 1 aromatic heterocycles. The predicted octanol–water partition coefficient (Wildman–Crippen LogP) is 2.54. The van der Waals surface area contributed by atoms with Crippen molar-refractivity contribution >= 4 is 23.3 Å². The first-order chi connectivity index (χ1) is 14.8. The monoisotopic (exact) mass is 430 g/mol. The highest BCUT2D eigenvalue weighted by atomic mass is 16.5. The highest BCUT2D eigenvalue weighted by molar-refractivity contribution is 5.88. The Morgan fingerprint density at radius 3 is 2.61 bits per heavy atom. The highest BCUT2D eigenvalue weighted by Crippen LogP contribution is 2.31. The van der Waals surface area contributed by atoms with Crippen LogP contribution in [-0.4, -0.2) is 54.2 Å². The van der Waals surface area contributed by atoms with Gasteiger partial charge < -0.3 is 19.6 Å². The number of carboxylic acid groups (broad SMARTS) is 1. The summed E-state index contributed by atoms with van der Waals surface area (Å²) in [6, 6.07) is 4.40. The Balaban J connectivity index is 0.000000858. The summed E-state index contributed by atoms with van der Waals surface area (Å²) < 4.78 is 11.3. The quantitative estimate of drug-likeness (QED) is 0.567. The zero-order valence-corrected chi connectivity index (χ0v) is 18.3. The first-order valence-electron chi connectivity index (χ1n) is 10.6. The van der Waals surface area contributed by atoms with Gasteiger partial charge in [-0.1, -0.05) is 0 Å². The minimum atomic E-state index is -0.335. The number of amides is 1. The van der Waals surface area contributed by atoms with Crippen molar-refractivity contribution in [3.05, 3.63) is 39.2 Å². The fraction of sp³-hybridized carbons (Fsp3) is 0.522. The molecule has 0 saturated carbocycles. The highest BCUT2D eigenvalue weighted by Gasteiger charge is 2.35. The lowest BCUT2D eigenvalue weighted by molar-refractivity contribution is -0.124. The molecule has 2 aliphatic heterocycles. The summed E-state index contributed by atoms with van der Waals surface area (Å²) in [6.07, 6.45) is 4.53. The maximum absolute atomic E-state index is 12.6. The van der Waals surface area contributed by atoms with Gasteiger partial charge in [0.15, 0.2) is 6.61 Å². The molecule has 2 saturated heterocycles. The third-order valence-corrected chi connectivity index (χ3v) is 6.20. The molecule has 2 fully saturated rings. The molecule has 0 unspecified atom stereocenters. The van der Waals surface area contributed by atoms with Crippen LogP contribution in [0.4, 0.5) is 0 Å². The first-order valence-corrected chi connectivity index (χ1v) is 10.6. The molecule has 1 aromatic carbocycles. The van der Waals surface area contributed by atoms with Crippen LogP contribution < -0.4 is 15.7 Å². The van der Waals surface area contributed by atoms with E-state index in [0.29, 0.717) is 22.9 Å². The number of nitrogens with zero attached hydrogens (tertiary/aromatic N) is 1. The number of rotatable bonds is 4. The van der Waals surface area contributed by atoms with E-state index in [-0.39, 0.29) is 30.7 Å². The van der Waals surface area contributed by atoms with E-state index in [0.717, 1.165) is 48.9 Å². The van der Waals surface area contributed by atoms with E-state index in [1.54, 1.807) is 6.92 Å². The van der Waals surface area contributed by atoms with E-state index in [4.69, 9.17) is 19.1 Å². The number of ether oxygens (including phenoxy) is 1. The van der Waals surface area contributed by atoms with E-state index in [1.807, 2.05) is 26.0 Å². The van der Waals surface area contributed by atoms with Crippen molar-refractivity contribution in [1.29, 1.82) is 0 Å². The lowest BCUT2D eigenvalue weighted by atomic mass is 9.96. The molecule has 168 valence electrons. The summed E-state index contributed by atoms with van der Waals surface area (Å²) in [6.45, 7) is 7.54. The van der Waals surface area contributed by atoms with Crippen molar-refractivity contribution in [2.75, 3.05) is 19.7 Å². The molecule has 3 heterocycles. The average Bonchev–Trinajstić information content (AvgIpc) is 3.20. The van der Waals surface area contributed by atoms with E-state index in [9.17, 15) is 9.59 Å². The summed E-state index contributed by atoms with van der Waals surface area (Å²) in [5, 5.41) is 10.8. The standard InChI is InChI=1S/C22H28N2O4.CH2O2/c1-13-10-18(21-14(2)15(3)22(26)28-19(21)11-13)27-12-20(25)23-16-6-4-8-24-9-5-7-17(16)24;2-1-3/h10-11,16-17H,4-9,12H2,1-3H3,(H,23,25);1H,(H,2,3)/t16-,17-;/m0./s1. The smallest absolute Gasteiger partial charge is 0.339 e. The average molecular weight is 431 g/mol. The predicted molar refractivity (Wildman–Crippen MR) is 117 cm³/mol. The Kier molecular flexibility index (Phi) is 7.33. The maximum atomic E-state index is 12.6. The summed E-state index contributed by atoms with van der Waals surface area (Å²) in [7, 11) is 0. The Morgan fingerprint density at radius 2 is 1.90 bits per heavy atom. The van der Waals surface area contributed by atoms with Gasteiger partial charge in [-0.15, -0.1) is 0 Å². The van der Waals surface area contributed by atoms with Crippen molar-refractivity contribution < 1.29 is 23.8 Å². The van der Waals surface area contributed by atoms with Crippen LogP contribution in [0.25, 0.3) is 11.0 Å². The maximum Gasteiger partial charge on any atom is 0.339 e. The van der Waals surface area contributed by atoms with Gasteiger partial charge in [-0.25, -0.2) is 4.79 Å². The number of fused-ring (bicyclic) bond motifs is 2. The first kappa shape index (κ1) is 22.8. The van der Waals surface area contributed by atoms with Crippen molar-refractivity contribution in [3.63, 3.8) is 0 Å². The molecular weight excluding hydrogens is 400 g/mol. The number of nitrogens with one attached hydrogen (secondary N) is 1. The second-order valence-corrected chi connectivity index (χ2v) is 8.23. The minimum absolute atomic E-state index is 0.0423. The molecule has 0 bridgehead atoms. The summed E-state index contributed by atoms with van der Waals surface area (Å²) in [5.74, 6) is 0.487. The van der Waals surface area contributed by atoms with Crippen LogP contribution in [0, 0.1) is 20.8 Å². The molecule has 2 aromatic rings. The van der Waals surface area contributed by atoms with Gasteiger partial charge in [0, 0.05) is 17.6 Å². The van der Waals surface area contributed by atoms with Crippen molar-refractivity contribution in [1.82, 2.24) is 10.2 Å². The molecule has 0 aliphatic carbocycles. The second kappa shape index (κ2) is 9.96. The molecule has 4 rings (SSSR count). The number of carbonyl (C=O) groups excluding carboxylic acids is 1. The Labute approximate surface area is 181 Å². The number of benzene rings is 1. The third kappa shape index (κ3) is 5.07.